The van der Waals surface area contributed by atoms with Crippen LogP contribution in [-0.4, -0.2) is 55.4 Å². The lowest BCUT2D eigenvalue weighted by atomic mass is 9.53. The molecule has 0 amide bonds. The van der Waals surface area contributed by atoms with Crippen LogP contribution in [0.15, 0.2) is 0 Å². The van der Waals surface area contributed by atoms with E-state index in [1.807, 2.05) is 0 Å². The number of hydrogen-bond acceptors (Lipinski definition) is 5. The lowest BCUT2D eigenvalue weighted by molar-refractivity contribution is -0.206. The van der Waals surface area contributed by atoms with Crippen LogP contribution >= 0.6 is 0 Å². The van der Waals surface area contributed by atoms with Gasteiger partial charge >= 0.3 is 29.8 Å². The van der Waals surface area contributed by atoms with Gasteiger partial charge in [0.2, 0.25) is 5.41 Å². The number of hydrogen-bond donors (Lipinski definition) is 5. The maximum absolute atomic E-state index is 11.8. The maximum atomic E-state index is 11.8. The van der Waals surface area contributed by atoms with E-state index in [1.165, 1.54) is 0 Å². The van der Waals surface area contributed by atoms with E-state index in [-0.39, 0.29) is 19.3 Å². The van der Waals surface area contributed by atoms with Crippen molar-refractivity contribution >= 4 is 29.8 Å². The Morgan fingerprint density at radius 3 is 1.52 bits per heavy atom. The van der Waals surface area contributed by atoms with Crippen molar-refractivity contribution in [2.24, 2.45) is 16.7 Å². The first kappa shape index (κ1) is 18.4. The number of aliphatic carboxylic acids is 5. The van der Waals surface area contributed by atoms with Gasteiger partial charge in [-0.25, -0.2) is 0 Å². The zero-order valence-electron chi connectivity index (χ0n) is 11.9. The number of rotatable bonds is 5. The van der Waals surface area contributed by atoms with Crippen LogP contribution in [0.4, 0.5) is 0 Å². The molecule has 1 saturated carbocycles. The molecule has 10 heteroatoms. The van der Waals surface area contributed by atoms with Crippen molar-refractivity contribution in [1.29, 1.82) is 0 Å². The van der Waals surface area contributed by atoms with E-state index in [0.29, 0.717) is 0 Å². The third kappa shape index (κ3) is 2.39. The van der Waals surface area contributed by atoms with E-state index < -0.39 is 59.4 Å². The molecule has 1 atom stereocenters. The molecule has 0 bridgehead atoms. The molecule has 0 aliphatic heterocycles. The van der Waals surface area contributed by atoms with Gasteiger partial charge < -0.3 is 25.5 Å². The Morgan fingerprint density at radius 1 is 0.696 bits per heavy atom. The summed E-state index contributed by atoms with van der Waals surface area (Å²) >= 11 is 0. The first-order valence-electron chi connectivity index (χ1n) is 6.73. The van der Waals surface area contributed by atoms with E-state index in [4.69, 9.17) is 0 Å². The van der Waals surface area contributed by atoms with E-state index in [2.05, 4.69) is 0 Å². The molecule has 1 fully saturated rings. The van der Waals surface area contributed by atoms with Crippen LogP contribution in [0.3, 0.4) is 0 Å². The first-order valence-corrected chi connectivity index (χ1v) is 6.73. The number of carbonyl (C=O) groups is 5. The monoisotopic (exact) mass is 332 g/mol. The number of carboxylic acid groups (broad SMARTS) is 5. The topological polar surface area (TPSA) is 186 Å². The molecule has 0 spiro atoms. The zero-order chi connectivity index (χ0) is 18.0. The van der Waals surface area contributed by atoms with Gasteiger partial charge in [-0.05, 0) is 12.8 Å². The Bertz CT molecular complexity index is 535. The minimum atomic E-state index is -3.52. The van der Waals surface area contributed by atoms with Crippen molar-refractivity contribution in [3.05, 3.63) is 0 Å². The quantitative estimate of drug-likeness (QED) is 0.427. The van der Waals surface area contributed by atoms with Crippen LogP contribution in [0.1, 0.15) is 32.1 Å². The van der Waals surface area contributed by atoms with Crippen LogP contribution in [0.5, 0.6) is 0 Å². The Balaban J connectivity index is 3.94. The molecule has 128 valence electrons. The molecular weight excluding hydrogens is 316 g/mol. The molecule has 0 aromatic heterocycles. The summed E-state index contributed by atoms with van der Waals surface area (Å²) in [6.45, 7) is 0. The third-order valence-corrected chi connectivity index (χ3v) is 4.44. The molecule has 1 unspecified atom stereocenters. The fourth-order valence-electron chi connectivity index (χ4n) is 3.33. The second kappa shape index (κ2) is 6.23. The highest BCUT2D eigenvalue weighted by molar-refractivity contribution is 6.15. The summed E-state index contributed by atoms with van der Waals surface area (Å²) < 4.78 is 0. The Morgan fingerprint density at radius 2 is 1.17 bits per heavy atom. The fraction of sp³-hybridized carbons (Fsp3) is 0.615. The van der Waals surface area contributed by atoms with E-state index in [1.54, 1.807) is 0 Å². The summed E-state index contributed by atoms with van der Waals surface area (Å²) in [6.07, 6.45) is -0.875. The van der Waals surface area contributed by atoms with Crippen molar-refractivity contribution in [3.63, 3.8) is 0 Å². The molecular formula is C13H16O10. The molecule has 5 N–H and O–H groups in total. The third-order valence-electron chi connectivity index (χ3n) is 4.44. The maximum Gasteiger partial charge on any atom is 0.323 e. The molecule has 0 aromatic rings. The van der Waals surface area contributed by atoms with Gasteiger partial charge in [0.05, 0.1) is 5.92 Å². The summed E-state index contributed by atoms with van der Waals surface area (Å²) in [4.78, 5) is 58.3. The Kier molecular flexibility index (Phi) is 4.98. The molecule has 23 heavy (non-hydrogen) atoms. The first-order chi connectivity index (χ1) is 10.6. The van der Waals surface area contributed by atoms with Gasteiger partial charge in [0.25, 0.3) is 0 Å². The van der Waals surface area contributed by atoms with Gasteiger partial charge in [-0.15, -0.1) is 0 Å². The van der Waals surface area contributed by atoms with Crippen LogP contribution in [0.25, 0.3) is 0 Å². The summed E-state index contributed by atoms with van der Waals surface area (Å²) in [6, 6.07) is 0. The summed E-state index contributed by atoms with van der Waals surface area (Å²) in [5.74, 6) is -13.0. The molecule has 0 radical (unpaired) electrons. The minimum Gasteiger partial charge on any atom is -0.481 e. The van der Waals surface area contributed by atoms with Gasteiger partial charge in [-0.3, -0.25) is 24.0 Å². The predicted octanol–water partition coefficient (Wildman–Crippen LogP) is -0.0375. The largest absolute Gasteiger partial charge is 0.481 e. The highest BCUT2D eigenvalue weighted by Gasteiger charge is 2.75. The van der Waals surface area contributed by atoms with Gasteiger partial charge in [-0.1, -0.05) is 19.3 Å². The molecule has 10 nitrogen and oxygen atoms in total. The SMILES string of the molecule is O=C(O)C1CCCCCC(C(=O)O)(C(=O)O)C1(C(=O)O)C(=O)O. The lowest BCUT2D eigenvalue weighted by Gasteiger charge is -2.43. The lowest BCUT2D eigenvalue weighted by Crippen LogP contribution is -2.66. The van der Waals surface area contributed by atoms with Crippen molar-refractivity contribution in [2.75, 3.05) is 0 Å². The standard InChI is InChI=1S/C13H16O10/c14-7(15)6-4-2-1-3-5-12(8(16)17,9(18)19)13(6,10(20)21)11(22)23/h6H,1-5H2,(H,14,15)(H,16,17)(H,18,19)(H,20,21)(H,22,23). The van der Waals surface area contributed by atoms with Crippen molar-refractivity contribution in [3.8, 4) is 0 Å². The second-order valence-corrected chi connectivity index (χ2v) is 5.42. The molecule has 1 rings (SSSR count). The Labute approximate surface area is 129 Å². The van der Waals surface area contributed by atoms with Gasteiger partial charge in [0, 0.05) is 0 Å². The molecule has 0 saturated heterocycles. The molecule has 1 aliphatic carbocycles. The highest BCUT2D eigenvalue weighted by Crippen LogP contribution is 2.53. The fourth-order valence-corrected chi connectivity index (χ4v) is 3.33. The van der Waals surface area contributed by atoms with Crippen LogP contribution in [-0.2, 0) is 24.0 Å². The minimum absolute atomic E-state index is 0.0484. The van der Waals surface area contributed by atoms with Crippen LogP contribution < -0.4 is 0 Å². The van der Waals surface area contributed by atoms with Gasteiger partial charge in [0.15, 0.2) is 5.41 Å². The average molecular weight is 332 g/mol. The van der Waals surface area contributed by atoms with Crippen LogP contribution in [0.2, 0.25) is 0 Å². The van der Waals surface area contributed by atoms with E-state index in [9.17, 15) is 49.5 Å². The zero-order valence-corrected chi connectivity index (χ0v) is 11.9. The van der Waals surface area contributed by atoms with E-state index in [0.717, 1.165) is 0 Å². The highest BCUT2D eigenvalue weighted by atomic mass is 16.4. The average Bonchev–Trinajstić information content (AvgIpc) is 2.36. The van der Waals surface area contributed by atoms with Crippen molar-refractivity contribution in [1.82, 2.24) is 0 Å². The Hall–Kier alpha value is -2.65. The normalized spacial score (nSPS) is 23.0. The summed E-state index contributed by atoms with van der Waals surface area (Å²) in [7, 11) is 0. The smallest absolute Gasteiger partial charge is 0.323 e. The van der Waals surface area contributed by atoms with E-state index >= 15 is 0 Å². The predicted molar refractivity (Wildman–Crippen MR) is 69.6 cm³/mol. The number of carboxylic acids is 5. The molecule has 0 heterocycles. The van der Waals surface area contributed by atoms with Crippen LogP contribution in [0, 0.1) is 16.7 Å². The van der Waals surface area contributed by atoms with Gasteiger partial charge in [0.1, 0.15) is 0 Å². The molecule has 0 aromatic carbocycles. The van der Waals surface area contributed by atoms with Gasteiger partial charge in [-0.2, -0.15) is 0 Å². The molecule has 1 aliphatic rings. The summed E-state index contributed by atoms with van der Waals surface area (Å²) in [5, 5.41) is 47.0. The summed E-state index contributed by atoms with van der Waals surface area (Å²) in [5.41, 5.74) is -6.80. The second-order valence-electron chi connectivity index (χ2n) is 5.42. The van der Waals surface area contributed by atoms with Crippen molar-refractivity contribution < 1.29 is 49.5 Å². The van der Waals surface area contributed by atoms with Crippen molar-refractivity contribution in [2.45, 2.75) is 32.1 Å².